The zero-order valence-corrected chi connectivity index (χ0v) is 8.27. The van der Waals surface area contributed by atoms with E-state index in [9.17, 15) is 4.79 Å². The highest BCUT2D eigenvalue weighted by molar-refractivity contribution is 6.31. The number of rotatable bonds is 2. The summed E-state index contributed by atoms with van der Waals surface area (Å²) in [6.07, 6.45) is 1.57. The molecule has 0 unspecified atom stereocenters. The quantitative estimate of drug-likeness (QED) is 0.806. The van der Waals surface area contributed by atoms with E-state index < -0.39 is 5.97 Å². The zero-order chi connectivity index (χ0) is 11.0. The summed E-state index contributed by atoms with van der Waals surface area (Å²) in [7, 11) is 0. The van der Waals surface area contributed by atoms with Gasteiger partial charge in [-0.15, -0.1) is 0 Å². The van der Waals surface area contributed by atoms with Gasteiger partial charge in [0.2, 0.25) is 0 Å². The van der Waals surface area contributed by atoms with E-state index in [1.54, 1.807) is 12.3 Å². The molecule has 0 amide bonds. The number of pyridine rings is 1. The zero-order valence-electron chi connectivity index (χ0n) is 7.51. The summed E-state index contributed by atoms with van der Waals surface area (Å²) in [5.74, 6) is -0.867. The Morgan fingerprint density at radius 1 is 1.60 bits per heavy atom. The molecule has 5 nitrogen and oxygen atoms in total. The van der Waals surface area contributed by atoms with Gasteiger partial charge in [-0.3, -0.25) is 0 Å². The monoisotopic (exact) mass is 226 g/mol. The molecule has 15 heavy (non-hydrogen) atoms. The highest BCUT2D eigenvalue weighted by Gasteiger charge is 2.15. The van der Waals surface area contributed by atoms with Crippen LogP contribution in [0.25, 0.3) is 5.52 Å². The normalized spacial score (nSPS) is 10.8. The number of carboxylic acid groups (broad SMARTS) is 1. The third-order valence-corrected chi connectivity index (χ3v) is 2.26. The third kappa shape index (κ3) is 1.55. The molecule has 0 fully saturated rings. The van der Waals surface area contributed by atoms with Crippen LogP contribution in [-0.2, 0) is 6.61 Å². The second kappa shape index (κ2) is 3.52. The van der Waals surface area contributed by atoms with E-state index in [2.05, 4.69) is 4.98 Å². The fraction of sp³-hybridized carbons (Fsp3) is 0.111. The van der Waals surface area contributed by atoms with Crippen molar-refractivity contribution in [2.75, 3.05) is 0 Å². The number of aromatic nitrogens is 2. The number of hydrogen-bond donors (Lipinski definition) is 2. The Kier molecular flexibility index (Phi) is 2.34. The van der Waals surface area contributed by atoms with E-state index in [4.69, 9.17) is 21.8 Å². The molecule has 2 rings (SSSR count). The highest BCUT2D eigenvalue weighted by Crippen LogP contribution is 2.18. The van der Waals surface area contributed by atoms with Gasteiger partial charge in [0.1, 0.15) is 12.4 Å². The molecular formula is C9H7ClN2O3. The number of carboxylic acids is 1. The van der Waals surface area contributed by atoms with Crippen LogP contribution in [0.2, 0.25) is 5.02 Å². The van der Waals surface area contributed by atoms with Gasteiger partial charge >= 0.3 is 5.97 Å². The Labute approximate surface area is 89.6 Å². The molecule has 6 heteroatoms. The first-order chi connectivity index (χ1) is 7.13. The average molecular weight is 227 g/mol. The maximum Gasteiger partial charge on any atom is 0.356 e. The summed E-state index contributed by atoms with van der Waals surface area (Å²) >= 11 is 5.75. The van der Waals surface area contributed by atoms with Crippen LogP contribution in [0.5, 0.6) is 0 Å². The Bertz CT molecular complexity index is 535. The number of carbonyl (C=O) groups is 1. The minimum Gasteiger partial charge on any atom is -0.476 e. The number of fused-ring (bicyclic) bond motifs is 1. The van der Waals surface area contributed by atoms with E-state index in [0.29, 0.717) is 10.5 Å². The minimum atomic E-state index is -1.14. The van der Waals surface area contributed by atoms with Crippen molar-refractivity contribution in [2.45, 2.75) is 6.61 Å². The molecule has 0 bridgehead atoms. The number of imidazole rings is 1. The Morgan fingerprint density at radius 2 is 2.33 bits per heavy atom. The second-order valence-electron chi connectivity index (χ2n) is 2.94. The molecule has 0 aliphatic rings. The van der Waals surface area contributed by atoms with Crippen LogP contribution in [0.3, 0.4) is 0 Å². The molecule has 0 aliphatic heterocycles. The predicted octanol–water partition coefficient (Wildman–Crippen LogP) is 1.18. The first kappa shape index (κ1) is 9.95. The van der Waals surface area contributed by atoms with Gasteiger partial charge in [-0.2, -0.15) is 0 Å². The van der Waals surface area contributed by atoms with Crippen molar-refractivity contribution >= 4 is 23.1 Å². The molecule has 0 spiro atoms. The van der Waals surface area contributed by atoms with E-state index in [1.165, 1.54) is 10.5 Å². The molecular weight excluding hydrogens is 220 g/mol. The molecule has 0 aliphatic carbocycles. The van der Waals surface area contributed by atoms with Crippen molar-refractivity contribution in [3.63, 3.8) is 0 Å². The van der Waals surface area contributed by atoms with Gasteiger partial charge in [-0.05, 0) is 12.1 Å². The van der Waals surface area contributed by atoms with Crippen LogP contribution in [-0.4, -0.2) is 25.6 Å². The lowest BCUT2D eigenvalue weighted by Crippen LogP contribution is -1.97. The van der Waals surface area contributed by atoms with Crippen LogP contribution in [0, 0.1) is 0 Å². The molecule has 2 aromatic rings. The number of nitrogens with zero attached hydrogens (tertiary/aromatic N) is 2. The Hall–Kier alpha value is -1.59. The highest BCUT2D eigenvalue weighted by atomic mass is 35.5. The van der Waals surface area contributed by atoms with E-state index >= 15 is 0 Å². The minimum absolute atomic E-state index is 0.110. The van der Waals surface area contributed by atoms with Gasteiger partial charge in [-0.25, -0.2) is 9.78 Å². The maximum atomic E-state index is 10.9. The second-order valence-corrected chi connectivity index (χ2v) is 3.38. The van der Waals surface area contributed by atoms with Gasteiger partial charge in [0.05, 0.1) is 5.52 Å². The third-order valence-electron chi connectivity index (χ3n) is 2.02. The molecule has 0 saturated heterocycles. The summed E-state index contributed by atoms with van der Waals surface area (Å²) in [4.78, 5) is 14.7. The lowest BCUT2D eigenvalue weighted by Gasteiger charge is -1.97. The summed E-state index contributed by atoms with van der Waals surface area (Å²) in [5.41, 5.74) is 0.264. The summed E-state index contributed by atoms with van der Waals surface area (Å²) < 4.78 is 1.50. The number of aliphatic hydroxyl groups is 1. The van der Waals surface area contributed by atoms with Crippen molar-refractivity contribution in [3.05, 3.63) is 34.9 Å². The van der Waals surface area contributed by atoms with E-state index in [-0.39, 0.29) is 18.1 Å². The van der Waals surface area contributed by atoms with Crippen LogP contribution < -0.4 is 0 Å². The molecule has 0 radical (unpaired) electrons. The molecule has 0 aromatic carbocycles. The van der Waals surface area contributed by atoms with Crippen LogP contribution in [0.15, 0.2) is 18.3 Å². The maximum absolute atomic E-state index is 10.9. The van der Waals surface area contributed by atoms with Crippen molar-refractivity contribution < 1.29 is 15.0 Å². The molecule has 2 N–H and O–H groups in total. The molecule has 0 saturated carbocycles. The Balaban J connectivity index is 2.81. The molecule has 2 aromatic heterocycles. The fourth-order valence-electron chi connectivity index (χ4n) is 1.39. The summed E-state index contributed by atoms with van der Waals surface area (Å²) in [6.45, 7) is -0.323. The van der Waals surface area contributed by atoms with E-state index in [1.807, 2.05) is 0 Å². The van der Waals surface area contributed by atoms with Crippen molar-refractivity contribution in [1.29, 1.82) is 0 Å². The number of hydrogen-bond acceptors (Lipinski definition) is 3. The Morgan fingerprint density at radius 3 is 2.93 bits per heavy atom. The van der Waals surface area contributed by atoms with Crippen molar-refractivity contribution in [3.8, 4) is 0 Å². The van der Waals surface area contributed by atoms with Crippen molar-refractivity contribution in [1.82, 2.24) is 9.38 Å². The average Bonchev–Trinajstić information content (AvgIpc) is 2.55. The summed E-state index contributed by atoms with van der Waals surface area (Å²) in [5, 5.41) is 18.3. The largest absolute Gasteiger partial charge is 0.476 e. The number of aromatic carboxylic acids is 1. The predicted molar refractivity (Wildman–Crippen MR) is 53.1 cm³/mol. The van der Waals surface area contributed by atoms with E-state index in [0.717, 1.165) is 0 Å². The lowest BCUT2D eigenvalue weighted by atomic mass is 10.3. The van der Waals surface area contributed by atoms with Gasteiger partial charge in [0.25, 0.3) is 0 Å². The van der Waals surface area contributed by atoms with Crippen molar-refractivity contribution in [2.24, 2.45) is 0 Å². The first-order valence-corrected chi connectivity index (χ1v) is 4.52. The summed E-state index contributed by atoms with van der Waals surface area (Å²) in [6, 6.07) is 3.10. The molecule has 2 heterocycles. The van der Waals surface area contributed by atoms with Crippen LogP contribution in [0.1, 0.15) is 16.3 Å². The molecule has 0 atom stereocenters. The lowest BCUT2D eigenvalue weighted by molar-refractivity contribution is 0.0693. The molecule has 78 valence electrons. The topological polar surface area (TPSA) is 74.8 Å². The first-order valence-electron chi connectivity index (χ1n) is 4.14. The van der Waals surface area contributed by atoms with Gasteiger partial charge in [0.15, 0.2) is 5.69 Å². The standard InChI is InChI=1S/C9H7ClN2O3/c10-5-1-2-12-6(3-5)8(9(14)15)11-7(12)4-13/h1-3,13H,4H2,(H,14,15). The smallest absolute Gasteiger partial charge is 0.356 e. The van der Waals surface area contributed by atoms with Gasteiger partial charge in [-0.1, -0.05) is 11.6 Å². The van der Waals surface area contributed by atoms with Gasteiger partial charge in [0, 0.05) is 11.2 Å². The SMILES string of the molecule is O=C(O)c1nc(CO)n2ccc(Cl)cc12. The van der Waals surface area contributed by atoms with Gasteiger partial charge < -0.3 is 14.6 Å². The van der Waals surface area contributed by atoms with Crippen LogP contribution in [0.4, 0.5) is 0 Å². The number of halogens is 1. The van der Waals surface area contributed by atoms with Crippen LogP contribution >= 0.6 is 11.6 Å². The number of aliphatic hydroxyl groups excluding tert-OH is 1. The fourth-order valence-corrected chi connectivity index (χ4v) is 1.55.